The van der Waals surface area contributed by atoms with E-state index in [1.807, 2.05) is 25.2 Å². The maximum absolute atomic E-state index is 6.11. The van der Waals surface area contributed by atoms with Crippen LogP contribution in [0.15, 0.2) is 18.2 Å². The molecule has 1 atom stereocenters. The lowest BCUT2D eigenvalue weighted by molar-refractivity contribution is -0.0986. The van der Waals surface area contributed by atoms with Gasteiger partial charge < -0.3 is 14.8 Å². The Balaban J connectivity index is 2.40. The summed E-state index contributed by atoms with van der Waals surface area (Å²) in [6.45, 7) is 0. The Hall–Kier alpha value is -0.770. The molecule has 1 fully saturated rings. The minimum atomic E-state index is -0.132. The SMILES string of the molecule is CNC(c1cc(Cl)ccc1OC)C1(OC)CCC1. The highest BCUT2D eigenvalue weighted by Crippen LogP contribution is 2.47. The number of likely N-dealkylation sites (N-methyl/N-ethyl adjacent to an activating group) is 1. The van der Waals surface area contributed by atoms with Gasteiger partial charge in [-0.25, -0.2) is 0 Å². The van der Waals surface area contributed by atoms with Gasteiger partial charge in [0, 0.05) is 17.7 Å². The van der Waals surface area contributed by atoms with Gasteiger partial charge in [-0.1, -0.05) is 11.6 Å². The molecule has 18 heavy (non-hydrogen) atoms. The smallest absolute Gasteiger partial charge is 0.123 e. The number of hydrogen-bond acceptors (Lipinski definition) is 3. The lowest BCUT2D eigenvalue weighted by Crippen LogP contribution is -2.49. The molecule has 0 radical (unpaired) electrons. The first-order valence-corrected chi connectivity index (χ1v) is 6.60. The van der Waals surface area contributed by atoms with Crippen molar-refractivity contribution in [3.8, 4) is 5.75 Å². The summed E-state index contributed by atoms with van der Waals surface area (Å²) in [4.78, 5) is 0. The zero-order valence-electron chi connectivity index (χ0n) is 11.1. The molecule has 0 saturated heterocycles. The van der Waals surface area contributed by atoms with Crippen LogP contribution in [-0.4, -0.2) is 26.9 Å². The lowest BCUT2D eigenvalue weighted by Gasteiger charge is -2.46. The summed E-state index contributed by atoms with van der Waals surface area (Å²) in [6.07, 6.45) is 3.32. The number of hydrogen-bond donors (Lipinski definition) is 1. The maximum Gasteiger partial charge on any atom is 0.123 e. The number of ether oxygens (including phenoxy) is 2. The Morgan fingerprint density at radius 1 is 1.33 bits per heavy atom. The van der Waals surface area contributed by atoms with Crippen molar-refractivity contribution in [3.63, 3.8) is 0 Å². The highest BCUT2D eigenvalue weighted by atomic mass is 35.5. The van der Waals surface area contributed by atoms with Gasteiger partial charge in [-0.15, -0.1) is 0 Å². The molecule has 0 heterocycles. The van der Waals surface area contributed by atoms with E-state index in [0.717, 1.165) is 29.2 Å². The number of methoxy groups -OCH3 is 2. The van der Waals surface area contributed by atoms with Gasteiger partial charge in [0.05, 0.1) is 18.8 Å². The fourth-order valence-electron chi connectivity index (χ4n) is 2.77. The zero-order chi connectivity index (χ0) is 13.2. The van der Waals surface area contributed by atoms with Crippen molar-refractivity contribution in [1.29, 1.82) is 0 Å². The number of nitrogens with one attached hydrogen (secondary N) is 1. The van der Waals surface area contributed by atoms with E-state index in [9.17, 15) is 0 Å². The molecule has 100 valence electrons. The molecule has 0 bridgehead atoms. The van der Waals surface area contributed by atoms with E-state index in [2.05, 4.69) is 5.32 Å². The Kier molecular flexibility index (Phi) is 4.15. The molecular formula is C14H20ClNO2. The zero-order valence-corrected chi connectivity index (χ0v) is 11.9. The van der Waals surface area contributed by atoms with E-state index in [1.54, 1.807) is 14.2 Å². The number of halogens is 1. The third-order valence-corrected chi connectivity index (χ3v) is 4.16. The van der Waals surface area contributed by atoms with Gasteiger partial charge in [0.25, 0.3) is 0 Å². The van der Waals surface area contributed by atoms with E-state index < -0.39 is 0 Å². The summed E-state index contributed by atoms with van der Waals surface area (Å²) in [5.41, 5.74) is 0.932. The molecule has 3 nitrogen and oxygen atoms in total. The second-order valence-electron chi connectivity index (χ2n) is 4.73. The van der Waals surface area contributed by atoms with E-state index in [1.165, 1.54) is 6.42 Å². The Morgan fingerprint density at radius 2 is 2.06 bits per heavy atom. The number of benzene rings is 1. The van der Waals surface area contributed by atoms with E-state index >= 15 is 0 Å². The molecule has 0 aromatic heterocycles. The van der Waals surface area contributed by atoms with Crippen LogP contribution < -0.4 is 10.1 Å². The Morgan fingerprint density at radius 3 is 2.50 bits per heavy atom. The number of rotatable bonds is 5. The Labute approximate surface area is 113 Å². The molecule has 4 heteroatoms. The molecular weight excluding hydrogens is 250 g/mol. The fraction of sp³-hybridized carbons (Fsp3) is 0.571. The van der Waals surface area contributed by atoms with Crippen LogP contribution in [0.1, 0.15) is 30.9 Å². The van der Waals surface area contributed by atoms with Crippen LogP contribution in [0.3, 0.4) is 0 Å². The van der Waals surface area contributed by atoms with Crippen molar-refractivity contribution < 1.29 is 9.47 Å². The van der Waals surface area contributed by atoms with E-state index in [0.29, 0.717) is 0 Å². The fourth-order valence-corrected chi connectivity index (χ4v) is 2.95. The summed E-state index contributed by atoms with van der Waals surface area (Å²) in [7, 11) is 5.41. The topological polar surface area (TPSA) is 30.5 Å². The van der Waals surface area contributed by atoms with Crippen LogP contribution in [0.4, 0.5) is 0 Å². The highest BCUT2D eigenvalue weighted by Gasteiger charge is 2.45. The molecule has 1 aliphatic carbocycles. The van der Waals surface area contributed by atoms with Crippen LogP contribution in [0.2, 0.25) is 5.02 Å². The largest absolute Gasteiger partial charge is 0.496 e. The van der Waals surface area contributed by atoms with Crippen LogP contribution in [0, 0.1) is 0 Å². The molecule has 0 spiro atoms. The maximum atomic E-state index is 6.11. The molecule has 2 rings (SSSR count). The quantitative estimate of drug-likeness (QED) is 0.891. The summed E-state index contributed by atoms with van der Waals surface area (Å²) in [5, 5.41) is 4.07. The van der Waals surface area contributed by atoms with Crippen LogP contribution in [-0.2, 0) is 4.74 Å². The molecule has 1 saturated carbocycles. The summed E-state index contributed by atoms with van der Waals surface area (Å²) in [5.74, 6) is 0.849. The second kappa shape index (κ2) is 5.47. The van der Waals surface area contributed by atoms with Gasteiger partial charge in [0.2, 0.25) is 0 Å². The van der Waals surface area contributed by atoms with Gasteiger partial charge in [-0.3, -0.25) is 0 Å². The van der Waals surface area contributed by atoms with E-state index in [4.69, 9.17) is 21.1 Å². The van der Waals surface area contributed by atoms with Crippen LogP contribution >= 0.6 is 11.6 Å². The monoisotopic (exact) mass is 269 g/mol. The molecule has 0 aliphatic heterocycles. The van der Waals surface area contributed by atoms with Gasteiger partial charge in [0.1, 0.15) is 5.75 Å². The normalized spacial score (nSPS) is 19.1. The molecule has 0 amide bonds. The summed E-state index contributed by atoms with van der Waals surface area (Å²) < 4.78 is 11.2. The summed E-state index contributed by atoms with van der Waals surface area (Å²) in [6, 6.07) is 5.81. The molecule has 1 unspecified atom stereocenters. The summed E-state index contributed by atoms with van der Waals surface area (Å²) >= 11 is 6.11. The van der Waals surface area contributed by atoms with Crippen molar-refractivity contribution in [2.45, 2.75) is 30.9 Å². The first kappa shape index (κ1) is 13.7. The average Bonchev–Trinajstić information content (AvgIpc) is 2.33. The van der Waals surface area contributed by atoms with Gasteiger partial charge in [-0.2, -0.15) is 0 Å². The van der Waals surface area contributed by atoms with Gasteiger partial charge >= 0.3 is 0 Å². The third kappa shape index (κ3) is 2.22. The van der Waals surface area contributed by atoms with Gasteiger partial charge in [0.15, 0.2) is 0 Å². The standard InChI is InChI=1S/C14H20ClNO2/c1-16-13(14(18-3)7-4-8-14)11-9-10(15)5-6-12(11)17-2/h5-6,9,13,16H,4,7-8H2,1-3H3. The van der Waals surface area contributed by atoms with Crippen LogP contribution in [0.25, 0.3) is 0 Å². The first-order chi connectivity index (χ1) is 8.66. The second-order valence-corrected chi connectivity index (χ2v) is 5.17. The molecule has 1 aromatic carbocycles. The van der Waals surface area contributed by atoms with E-state index in [-0.39, 0.29) is 11.6 Å². The van der Waals surface area contributed by atoms with Crippen molar-refractivity contribution in [3.05, 3.63) is 28.8 Å². The van der Waals surface area contributed by atoms with Crippen LogP contribution in [0.5, 0.6) is 5.75 Å². The first-order valence-electron chi connectivity index (χ1n) is 6.22. The van der Waals surface area contributed by atoms with Gasteiger partial charge in [-0.05, 0) is 44.5 Å². The minimum absolute atomic E-state index is 0.102. The highest BCUT2D eigenvalue weighted by molar-refractivity contribution is 6.30. The molecule has 1 N–H and O–H groups in total. The average molecular weight is 270 g/mol. The molecule has 1 aliphatic rings. The predicted octanol–water partition coefficient (Wildman–Crippen LogP) is 3.18. The van der Waals surface area contributed by atoms with Crippen molar-refractivity contribution >= 4 is 11.6 Å². The predicted molar refractivity (Wildman–Crippen MR) is 73.4 cm³/mol. The lowest BCUT2D eigenvalue weighted by atomic mass is 9.72. The van der Waals surface area contributed by atoms with Crippen molar-refractivity contribution in [2.24, 2.45) is 0 Å². The minimum Gasteiger partial charge on any atom is -0.496 e. The molecule has 1 aromatic rings. The van der Waals surface area contributed by atoms with Crippen molar-refractivity contribution in [2.75, 3.05) is 21.3 Å². The third-order valence-electron chi connectivity index (χ3n) is 3.92. The Bertz CT molecular complexity index is 413. The van der Waals surface area contributed by atoms with Crippen molar-refractivity contribution in [1.82, 2.24) is 5.32 Å².